The lowest BCUT2D eigenvalue weighted by Gasteiger charge is -2.05. The number of rotatable bonds is 3. The maximum absolute atomic E-state index is 4.81. The third kappa shape index (κ3) is 2.03. The van der Waals surface area contributed by atoms with Gasteiger partial charge in [-0.15, -0.1) is 0 Å². The van der Waals surface area contributed by atoms with Gasteiger partial charge in [-0.1, -0.05) is 50.2 Å². The van der Waals surface area contributed by atoms with Crippen LogP contribution in [0.4, 0.5) is 0 Å². The summed E-state index contributed by atoms with van der Waals surface area (Å²) in [5, 5.41) is 0. The van der Waals surface area contributed by atoms with Crippen LogP contribution in [0.5, 0.6) is 0 Å². The summed E-state index contributed by atoms with van der Waals surface area (Å²) >= 11 is 0. The van der Waals surface area contributed by atoms with Crippen LogP contribution in [0.25, 0.3) is 22.4 Å². The van der Waals surface area contributed by atoms with Crippen LogP contribution in [0.1, 0.15) is 25.0 Å². The molecule has 0 amide bonds. The summed E-state index contributed by atoms with van der Waals surface area (Å²) in [7, 11) is 0. The first kappa shape index (κ1) is 12.0. The van der Waals surface area contributed by atoms with Crippen molar-refractivity contribution in [2.45, 2.75) is 26.7 Å². The van der Waals surface area contributed by atoms with Crippen molar-refractivity contribution in [3.8, 4) is 11.4 Å². The van der Waals surface area contributed by atoms with E-state index in [4.69, 9.17) is 4.98 Å². The number of aromatic amines is 1. The largest absolute Gasteiger partial charge is 0.338 e. The fourth-order valence-electron chi connectivity index (χ4n) is 2.63. The summed E-state index contributed by atoms with van der Waals surface area (Å²) < 4.78 is 0. The molecule has 0 atom stereocenters. The molecule has 2 aromatic carbocycles. The molecular formula is C17H18N2. The van der Waals surface area contributed by atoms with E-state index in [2.05, 4.69) is 43.1 Å². The third-order valence-electron chi connectivity index (χ3n) is 3.64. The van der Waals surface area contributed by atoms with Gasteiger partial charge in [-0.3, -0.25) is 0 Å². The molecule has 3 aromatic rings. The standard InChI is InChI=1S/C17H18N2/c1-3-12-10-11-15-16(14(12)4-2)19-17(18-15)13-8-6-5-7-9-13/h5-11H,3-4H2,1-2H3,(H,18,19). The molecule has 0 aliphatic carbocycles. The summed E-state index contributed by atoms with van der Waals surface area (Å²) in [6.45, 7) is 4.40. The van der Waals surface area contributed by atoms with Gasteiger partial charge in [0.25, 0.3) is 0 Å². The van der Waals surface area contributed by atoms with Gasteiger partial charge in [0.05, 0.1) is 11.0 Å². The van der Waals surface area contributed by atoms with Gasteiger partial charge < -0.3 is 4.98 Å². The van der Waals surface area contributed by atoms with Gasteiger partial charge in [0.2, 0.25) is 0 Å². The lowest BCUT2D eigenvalue weighted by atomic mass is 10.0. The van der Waals surface area contributed by atoms with Crippen LogP contribution >= 0.6 is 0 Å². The summed E-state index contributed by atoms with van der Waals surface area (Å²) in [5.74, 6) is 0.957. The minimum Gasteiger partial charge on any atom is -0.338 e. The summed E-state index contributed by atoms with van der Waals surface area (Å²) in [6, 6.07) is 14.6. The quantitative estimate of drug-likeness (QED) is 0.735. The van der Waals surface area contributed by atoms with Crippen LogP contribution < -0.4 is 0 Å². The predicted molar refractivity (Wildman–Crippen MR) is 80.3 cm³/mol. The van der Waals surface area contributed by atoms with Gasteiger partial charge in [-0.2, -0.15) is 0 Å². The van der Waals surface area contributed by atoms with Gasteiger partial charge >= 0.3 is 0 Å². The SMILES string of the molecule is CCc1ccc2[nH]c(-c3ccccc3)nc2c1CC. The van der Waals surface area contributed by atoms with E-state index in [1.165, 1.54) is 11.1 Å². The van der Waals surface area contributed by atoms with Crippen LogP contribution in [-0.4, -0.2) is 9.97 Å². The Hall–Kier alpha value is -2.09. The average Bonchev–Trinajstić information content (AvgIpc) is 2.91. The molecule has 1 aromatic heterocycles. The number of aromatic nitrogens is 2. The highest BCUT2D eigenvalue weighted by atomic mass is 14.9. The average molecular weight is 250 g/mol. The van der Waals surface area contributed by atoms with Crippen LogP contribution in [0.15, 0.2) is 42.5 Å². The van der Waals surface area contributed by atoms with Gasteiger partial charge in [-0.05, 0) is 30.0 Å². The minimum atomic E-state index is 0.957. The van der Waals surface area contributed by atoms with Crippen LogP contribution in [0.2, 0.25) is 0 Å². The first-order valence-electron chi connectivity index (χ1n) is 6.89. The van der Waals surface area contributed by atoms with Gasteiger partial charge in [0.15, 0.2) is 0 Å². The van der Waals surface area contributed by atoms with Crippen LogP contribution in [0, 0.1) is 0 Å². The molecule has 2 nitrogen and oxygen atoms in total. The minimum absolute atomic E-state index is 0.957. The number of H-pyrrole nitrogens is 1. The lowest BCUT2D eigenvalue weighted by molar-refractivity contribution is 1.05. The normalized spacial score (nSPS) is 11.1. The Bertz CT molecular complexity index is 696. The first-order valence-corrected chi connectivity index (χ1v) is 6.89. The smallest absolute Gasteiger partial charge is 0.138 e. The molecule has 1 N–H and O–H groups in total. The molecular weight excluding hydrogens is 232 g/mol. The molecule has 0 saturated heterocycles. The van der Waals surface area contributed by atoms with Gasteiger partial charge in [0.1, 0.15) is 5.82 Å². The Kier molecular flexibility index (Phi) is 3.08. The van der Waals surface area contributed by atoms with E-state index < -0.39 is 0 Å². The Morgan fingerprint density at radius 2 is 1.74 bits per heavy atom. The van der Waals surface area contributed by atoms with E-state index in [0.29, 0.717) is 0 Å². The zero-order chi connectivity index (χ0) is 13.2. The zero-order valence-corrected chi connectivity index (χ0v) is 11.4. The first-order chi connectivity index (χ1) is 9.33. The van der Waals surface area contributed by atoms with E-state index in [-0.39, 0.29) is 0 Å². The molecule has 0 bridgehead atoms. The molecule has 19 heavy (non-hydrogen) atoms. The maximum Gasteiger partial charge on any atom is 0.138 e. The number of fused-ring (bicyclic) bond motifs is 1. The fraction of sp³-hybridized carbons (Fsp3) is 0.235. The summed E-state index contributed by atoms with van der Waals surface area (Å²) in [6.07, 6.45) is 2.09. The topological polar surface area (TPSA) is 28.7 Å². The van der Waals surface area contributed by atoms with Gasteiger partial charge in [-0.25, -0.2) is 4.98 Å². The van der Waals surface area contributed by atoms with Crippen molar-refractivity contribution in [3.63, 3.8) is 0 Å². The molecule has 0 radical (unpaired) electrons. The second-order valence-corrected chi connectivity index (χ2v) is 4.76. The van der Waals surface area contributed by atoms with Crippen molar-refractivity contribution < 1.29 is 0 Å². The molecule has 0 fully saturated rings. The number of hydrogen-bond acceptors (Lipinski definition) is 1. The zero-order valence-electron chi connectivity index (χ0n) is 11.4. The summed E-state index contributed by atoms with van der Waals surface area (Å²) in [4.78, 5) is 8.23. The highest BCUT2D eigenvalue weighted by Gasteiger charge is 2.10. The van der Waals surface area contributed by atoms with E-state index in [1.807, 2.05) is 18.2 Å². The van der Waals surface area contributed by atoms with Crippen molar-refractivity contribution >= 4 is 11.0 Å². The lowest BCUT2D eigenvalue weighted by Crippen LogP contribution is -1.92. The van der Waals surface area contributed by atoms with Crippen molar-refractivity contribution in [1.29, 1.82) is 0 Å². The Balaban J connectivity index is 2.21. The van der Waals surface area contributed by atoms with E-state index in [0.717, 1.165) is 35.3 Å². The van der Waals surface area contributed by atoms with Crippen molar-refractivity contribution in [2.75, 3.05) is 0 Å². The molecule has 2 heteroatoms. The Morgan fingerprint density at radius 1 is 0.947 bits per heavy atom. The third-order valence-corrected chi connectivity index (χ3v) is 3.64. The molecule has 96 valence electrons. The molecule has 0 spiro atoms. The number of hydrogen-bond donors (Lipinski definition) is 1. The van der Waals surface area contributed by atoms with Crippen molar-refractivity contribution in [1.82, 2.24) is 9.97 Å². The number of nitrogens with one attached hydrogen (secondary N) is 1. The number of imidazole rings is 1. The van der Waals surface area contributed by atoms with E-state index in [1.54, 1.807) is 0 Å². The molecule has 0 aliphatic heterocycles. The van der Waals surface area contributed by atoms with Crippen molar-refractivity contribution in [3.05, 3.63) is 53.6 Å². The molecule has 0 unspecified atom stereocenters. The highest BCUT2D eigenvalue weighted by molar-refractivity contribution is 5.83. The monoisotopic (exact) mass is 250 g/mol. The van der Waals surface area contributed by atoms with Crippen molar-refractivity contribution in [2.24, 2.45) is 0 Å². The molecule has 3 rings (SSSR count). The van der Waals surface area contributed by atoms with Crippen LogP contribution in [-0.2, 0) is 12.8 Å². The maximum atomic E-state index is 4.81. The van der Waals surface area contributed by atoms with E-state index in [9.17, 15) is 0 Å². The Labute approximate surface area is 113 Å². The van der Waals surface area contributed by atoms with E-state index >= 15 is 0 Å². The summed E-state index contributed by atoms with van der Waals surface area (Å²) in [5.41, 5.74) is 6.17. The fourth-order valence-corrected chi connectivity index (χ4v) is 2.63. The predicted octanol–water partition coefficient (Wildman–Crippen LogP) is 4.35. The number of nitrogens with zero attached hydrogens (tertiary/aromatic N) is 1. The Morgan fingerprint density at radius 3 is 2.42 bits per heavy atom. The van der Waals surface area contributed by atoms with Gasteiger partial charge in [0, 0.05) is 5.56 Å². The molecule has 0 aliphatic rings. The van der Waals surface area contributed by atoms with Crippen LogP contribution in [0.3, 0.4) is 0 Å². The molecule has 0 saturated carbocycles. The second kappa shape index (κ2) is 4.88. The number of benzene rings is 2. The second-order valence-electron chi connectivity index (χ2n) is 4.76. The molecule has 1 heterocycles. The number of aryl methyl sites for hydroxylation is 2. The highest BCUT2D eigenvalue weighted by Crippen LogP contribution is 2.25.